The lowest BCUT2D eigenvalue weighted by Crippen LogP contribution is -2.36. The van der Waals surface area contributed by atoms with Crippen LogP contribution in [0.25, 0.3) is 0 Å². The van der Waals surface area contributed by atoms with E-state index in [4.69, 9.17) is 5.73 Å². The van der Waals surface area contributed by atoms with Crippen molar-refractivity contribution in [2.75, 3.05) is 13.2 Å². The van der Waals surface area contributed by atoms with Gasteiger partial charge in [-0.3, -0.25) is 0 Å². The first-order valence-corrected chi connectivity index (χ1v) is 6.22. The van der Waals surface area contributed by atoms with E-state index in [9.17, 15) is 13.9 Å². The summed E-state index contributed by atoms with van der Waals surface area (Å²) >= 11 is 3.02. The van der Waals surface area contributed by atoms with Crippen molar-refractivity contribution in [3.05, 3.63) is 33.8 Å². The van der Waals surface area contributed by atoms with Gasteiger partial charge in [0.15, 0.2) is 0 Å². The normalized spacial score (nSPS) is 14.7. The molecule has 17 heavy (non-hydrogen) atoms. The minimum atomic E-state index is -0.664. The van der Waals surface area contributed by atoms with Gasteiger partial charge in [-0.2, -0.15) is 0 Å². The van der Waals surface area contributed by atoms with Crippen molar-refractivity contribution < 1.29 is 13.9 Å². The highest BCUT2D eigenvalue weighted by molar-refractivity contribution is 9.10. The number of rotatable bonds is 5. The lowest BCUT2D eigenvalue weighted by molar-refractivity contribution is 0.125. The SMILES string of the molecule is CCC(CN)(CO)Cc1c(F)ccc(Br)c1F. The Labute approximate surface area is 108 Å². The highest BCUT2D eigenvalue weighted by Gasteiger charge is 2.29. The van der Waals surface area contributed by atoms with E-state index in [2.05, 4.69) is 15.9 Å². The number of hydrogen-bond donors (Lipinski definition) is 2. The summed E-state index contributed by atoms with van der Waals surface area (Å²) in [5, 5.41) is 9.35. The Bertz CT molecular complexity index is 386. The molecule has 0 heterocycles. The zero-order chi connectivity index (χ0) is 13.1. The second-order valence-corrected chi connectivity index (χ2v) is 5.07. The fraction of sp³-hybridized carbons (Fsp3) is 0.500. The molecule has 2 nitrogen and oxygen atoms in total. The molecular weight excluding hydrogens is 292 g/mol. The summed E-state index contributed by atoms with van der Waals surface area (Å²) in [7, 11) is 0. The number of aliphatic hydroxyl groups is 1. The predicted octanol–water partition coefficient (Wildman–Crippen LogP) is 2.62. The topological polar surface area (TPSA) is 46.2 Å². The number of halogens is 3. The number of benzene rings is 1. The van der Waals surface area contributed by atoms with Crippen LogP contribution >= 0.6 is 15.9 Å². The lowest BCUT2D eigenvalue weighted by atomic mass is 9.80. The molecule has 0 aliphatic heterocycles. The number of aliphatic hydroxyl groups excluding tert-OH is 1. The maximum absolute atomic E-state index is 13.8. The Balaban J connectivity index is 3.13. The molecule has 1 unspecified atom stereocenters. The Hall–Kier alpha value is -0.520. The molecule has 1 aromatic rings. The van der Waals surface area contributed by atoms with Crippen LogP contribution in [0.1, 0.15) is 18.9 Å². The summed E-state index contributed by atoms with van der Waals surface area (Å²) in [5.41, 5.74) is 4.91. The molecule has 1 atom stereocenters. The Morgan fingerprint density at radius 2 is 2.06 bits per heavy atom. The van der Waals surface area contributed by atoms with Gasteiger partial charge in [-0.1, -0.05) is 6.92 Å². The van der Waals surface area contributed by atoms with Crippen LogP contribution in [-0.4, -0.2) is 18.3 Å². The van der Waals surface area contributed by atoms with E-state index in [1.54, 1.807) is 0 Å². The van der Waals surface area contributed by atoms with Gasteiger partial charge in [-0.25, -0.2) is 8.78 Å². The third kappa shape index (κ3) is 3.03. The zero-order valence-electron chi connectivity index (χ0n) is 9.64. The summed E-state index contributed by atoms with van der Waals surface area (Å²) in [4.78, 5) is 0. The molecule has 3 N–H and O–H groups in total. The average molecular weight is 308 g/mol. The van der Waals surface area contributed by atoms with Gasteiger partial charge in [-0.15, -0.1) is 0 Å². The molecule has 0 amide bonds. The molecule has 0 fully saturated rings. The molecule has 0 aromatic heterocycles. The summed E-state index contributed by atoms with van der Waals surface area (Å²) in [6, 6.07) is 2.53. The highest BCUT2D eigenvalue weighted by atomic mass is 79.9. The molecule has 5 heteroatoms. The second kappa shape index (κ2) is 5.89. The van der Waals surface area contributed by atoms with Crippen LogP contribution in [0.5, 0.6) is 0 Å². The van der Waals surface area contributed by atoms with Gasteiger partial charge in [0.1, 0.15) is 11.6 Å². The summed E-state index contributed by atoms with van der Waals surface area (Å²) in [5.74, 6) is -1.23. The van der Waals surface area contributed by atoms with E-state index < -0.39 is 17.0 Å². The van der Waals surface area contributed by atoms with E-state index in [0.29, 0.717) is 6.42 Å². The number of hydrogen-bond acceptors (Lipinski definition) is 2. The minimum absolute atomic E-state index is 0.0271. The van der Waals surface area contributed by atoms with E-state index >= 15 is 0 Å². The van der Waals surface area contributed by atoms with Gasteiger partial charge in [0.2, 0.25) is 0 Å². The van der Waals surface area contributed by atoms with Crippen molar-refractivity contribution in [2.24, 2.45) is 11.1 Å². The van der Waals surface area contributed by atoms with Gasteiger partial charge in [0.05, 0.1) is 11.1 Å². The van der Waals surface area contributed by atoms with E-state index in [0.717, 1.165) is 0 Å². The van der Waals surface area contributed by atoms with Crippen LogP contribution in [0.3, 0.4) is 0 Å². The summed E-state index contributed by atoms with van der Waals surface area (Å²) in [6.07, 6.45) is 0.652. The first kappa shape index (κ1) is 14.5. The molecule has 1 rings (SSSR count). The third-order valence-electron chi connectivity index (χ3n) is 3.21. The third-order valence-corrected chi connectivity index (χ3v) is 3.82. The molecule has 0 aliphatic rings. The van der Waals surface area contributed by atoms with Crippen LogP contribution < -0.4 is 5.73 Å². The van der Waals surface area contributed by atoms with Gasteiger partial charge < -0.3 is 10.8 Å². The fourth-order valence-electron chi connectivity index (χ4n) is 1.68. The highest BCUT2D eigenvalue weighted by Crippen LogP contribution is 2.30. The van der Waals surface area contributed by atoms with E-state index in [-0.39, 0.29) is 29.6 Å². The van der Waals surface area contributed by atoms with Crippen molar-refractivity contribution in [3.8, 4) is 0 Å². The quantitative estimate of drug-likeness (QED) is 0.822. The molecule has 1 aromatic carbocycles. The van der Waals surface area contributed by atoms with Crippen molar-refractivity contribution in [1.82, 2.24) is 0 Å². The van der Waals surface area contributed by atoms with E-state index in [1.807, 2.05) is 6.92 Å². The van der Waals surface area contributed by atoms with Crippen LogP contribution in [-0.2, 0) is 6.42 Å². The van der Waals surface area contributed by atoms with Crippen LogP contribution in [0.2, 0.25) is 0 Å². The van der Waals surface area contributed by atoms with Crippen LogP contribution in [0.4, 0.5) is 8.78 Å². The average Bonchev–Trinajstić information content (AvgIpc) is 2.36. The largest absolute Gasteiger partial charge is 0.396 e. The van der Waals surface area contributed by atoms with Crippen LogP contribution in [0, 0.1) is 17.0 Å². The van der Waals surface area contributed by atoms with Gasteiger partial charge in [0, 0.05) is 17.5 Å². The maximum atomic E-state index is 13.8. The molecule has 0 spiro atoms. The molecule has 0 radical (unpaired) electrons. The summed E-state index contributed by atoms with van der Waals surface area (Å²) in [6.45, 7) is 1.84. The molecule has 0 aliphatic carbocycles. The number of nitrogens with two attached hydrogens (primary N) is 1. The van der Waals surface area contributed by atoms with Gasteiger partial charge in [0.25, 0.3) is 0 Å². The standard InChI is InChI=1S/C12H16BrF2NO/c1-2-12(6-16,7-17)5-8-10(14)4-3-9(13)11(8)15/h3-4,17H,2,5-7,16H2,1H3. The van der Waals surface area contributed by atoms with Crippen molar-refractivity contribution >= 4 is 15.9 Å². The second-order valence-electron chi connectivity index (χ2n) is 4.21. The Morgan fingerprint density at radius 1 is 1.41 bits per heavy atom. The van der Waals surface area contributed by atoms with Gasteiger partial charge >= 0.3 is 0 Å². The molecular formula is C12H16BrF2NO. The lowest BCUT2D eigenvalue weighted by Gasteiger charge is -2.29. The first-order chi connectivity index (χ1) is 7.99. The van der Waals surface area contributed by atoms with E-state index in [1.165, 1.54) is 12.1 Å². The Kier molecular flexibility index (Phi) is 5.04. The van der Waals surface area contributed by atoms with Crippen LogP contribution in [0.15, 0.2) is 16.6 Å². The summed E-state index contributed by atoms with van der Waals surface area (Å²) < 4.78 is 27.6. The first-order valence-electron chi connectivity index (χ1n) is 5.43. The molecule has 0 saturated heterocycles. The molecule has 0 bridgehead atoms. The molecule has 96 valence electrons. The zero-order valence-corrected chi connectivity index (χ0v) is 11.2. The van der Waals surface area contributed by atoms with Crippen molar-refractivity contribution in [2.45, 2.75) is 19.8 Å². The Morgan fingerprint density at radius 3 is 2.53 bits per heavy atom. The fourth-order valence-corrected chi connectivity index (χ4v) is 2.05. The van der Waals surface area contributed by atoms with Crippen molar-refractivity contribution in [1.29, 1.82) is 0 Å². The molecule has 0 saturated carbocycles. The van der Waals surface area contributed by atoms with Gasteiger partial charge in [-0.05, 0) is 40.9 Å². The predicted molar refractivity (Wildman–Crippen MR) is 66.6 cm³/mol. The maximum Gasteiger partial charge on any atom is 0.143 e. The smallest absolute Gasteiger partial charge is 0.143 e. The minimum Gasteiger partial charge on any atom is -0.396 e. The monoisotopic (exact) mass is 307 g/mol. The van der Waals surface area contributed by atoms with Crippen molar-refractivity contribution in [3.63, 3.8) is 0 Å².